The molecule has 0 spiro atoms. The second kappa shape index (κ2) is 7.69. The van der Waals surface area contributed by atoms with Crippen molar-refractivity contribution in [1.29, 1.82) is 0 Å². The average Bonchev–Trinajstić information content (AvgIpc) is 2.54. The third-order valence-corrected chi connectivity index (χ3v) is 3.84. The van der Waals surface area contributed by atoms with Crippen molar-refractivity contribution >= 4 is 33.4 Å². The lowest BCUT2D eigenvalue weighted by Gasteiger charge is -2.10. The Morgan fingerprint density at radius 3 is 2.28 bits per heavy atom. The summed E-state index contributed by atoms with van der Waals surface area (Å²) in [4.78, 5) is 23.8. The van der Waals surface area contributed by atoms with Crippen molar-refractivity contribution in [3.05, 3.63) is 63.6 Å². The monoisotopic (exact) mass is 414 g/mol. The Labute approximate surface area is 150 Å². The summed E-state index contributed by atoms with van der Waals surface area (Å²) in [5.41, 5.74) is 0.655. The molecule has 2 aromatic carbocycles. The van der Waals surface area contributed by atoms with Crippen LogP contribution < -0.4 is 10.6 Å². The molecule has 0 heterocycles. The second-order valence-electron chi connectivity index (χ2n) is 5.27. The zero-order chi connectivity index (χ0) is 18.6. The highest BCUT2D eigenvalue weighted by Gasteiger charge is 2.30. The molecule has 2 amide bonds. The van der Waals surface area contributed by atoms with Crippen molar-refractivity contribution in [2.45, 2.75) is 13.1 Å². The van der Waals surface area contributed by atoms with E-state index in [0.717, 1.165) is 34.3 Å². The SMILES string of the molecule is Cc1cc(Br)ccc1NC(=O)CNC(=O)c1ccc(C(F)(F)F)cc1. The maximum Gasteiger partial charge on any atom is 0.416 e. The minimum Gasteiger partial charge on any atom is -0.343 e. The summed E-state index contributed by atoms with van der Waals surface area (Å²) in [6.07, 6.45) is -4.46. The van der Waals surface area contributed by atoms with Gasteiger partial charge in [-0.2, -0.15) is 13.2 Å². The Hall–Kier alpha value is -2.35. The molecule has 0 radical (unpaired) electrons. The summed E-state index contributed by atoms with van der Waals surface area (Å²) in [5.74, 6) is -1.07. The highest BCUT2D eigenvalue weighted by atomic mass is 79.9. The fraction of sp³-hybridized carbons (Fsp3) is 0.176. The van der Waals surface area contributed by atoms with Crippen molar-refractivity contribution < 1.29 is 22.8 Å². The van der Waals surface area contributed by atoms with Crippen LogP contribution >= 0.6 is 15.9 Å². The van der Waals surface area contributed by atoms with Crippen LogP contribution in [0.4, 0.5) is 18.9 Å². The van der Waals surface area contributed by atoms with Crippen LogP contribution in [-0.4, -0.2) is 18.4 Å². The van der Waals surface area contributed by atoms with Gasteiger partial charge in [0.05, 0.1) is 12.1 Å². The number of alkyl halides is 3. The van der Waals surface area contributed by atoms with E-state index in [9.17, 15) is 22.8 Å². The number of hydrogen-bond donors (Lipinski definition) is 2. The summed E-state index contributed by atoms with van der Waals surface area (Å²) in [5, 5.41) is 5.02. The Morgan fingerprint density at radius 2 is 1.72 bits per heavy atom. The van der Waals surface area contributed by atoms with Gasteiger partial charge in [0, 0.05) is 15.7 Å². The lowest BCUT2D eigenvalue weighted by molar-refractivity contribution is -0.137. The first-order valence-corrected chi connectivity index (χ1v) is 7.97. The number of amides is 2. The third-order valence-electron chi connectivity index (χ3n) is 3.35. The molecule has 0 aliphatic heterocycles. The van der Waals surface area contributed by atoms with Crippen LogP contribution in [0.1, 0.15) is 21.5 Å². The topological polar surface area (TPSA) is 58.2 Å². The maximum atomic E-state index is 12.5. The van der Waals surface area contributed by atoms with E-state index < -0.39 is 23.6 Å². The predicted octanol–water partition coefficient (Wildman–Crippen LogP) is 4.14. The van der Waals surface area contributed by atoms with E-state index in [-0.39, 0.29) is 12.1 Å². The van der Waals surface area contributed by atoms with Gasteiger partial charge in [-0.05, 0) is 55.0 Å². The number of hydrogen-bond acceptors (Lipinski definition) is 2. The smallest absolute Gasteiger partial charge is 0.343 e. The van der Waals surface area contributed by atoms with E-state index in [1.807, 2.05) is 13.0 Å². The fourth-order valence-electron chi connectivity index (χ4n) is 2.03. The van der Waals surface area contributed by atoms with E-state index in [1.54, 1.807) is 12.1 Å². The van der Waals surface area contributed by atoms with Crippen molar-refractivity contribution in [2.75, 3.05) is 11.9 Å². The molecular weight excluding hydrogens is 401 g/mol. The first-order chi connectivity index (χ1) is 11.7. The molecule has 2 aromatic rings. The Bertz CT molecular complexity index is 789. The number of halogens is 4. The molecule has 25 heavy (non-hydrogen) atoms. The lowest BCUT2D eigenvalue weighted by Crippen LogP contribution is -2.33. The molecule has 0 atom stereocenters. The van der Waals surface area contributed by atoms with Gasteiger partial charge >= 0.3 is 6.18 Å². The van der Waals surface area contributed by atoms with Crippen molar-refractivity contribution in [3.63, 3.8) is 0 Å². The largest absolute Gasteiger partial charge is 0.416 e. The van der Waals surface area contributed by atoms with Crippen LogP contribution in [0.25, 0.3) is 0 Å². The number of carbonyl (C=O) groups is 2. The van der Waals surface area contributed by atoms with Gasteiger partial charge in [-0.1, -0.05) is 15.9 Å². The van der Waals surface area contributed by atoms with Gasteiger partial charge in [-0.3, -0.25) is 9.59 Å². The number of carbonyl (C=O) groups excluding carboxylic acids is 2. The van der Waals surface area contributed by atoms with E-state index in [1.165, 1.54) is 0 Å². The molecule has 0 bridgehead atoms. The summed E-state index contributed by atoms with van der Waals surface area (Å²) >= 11 is 3.32. The first-order valence-electron chi connectivity index (χ1n) is 7.18. The lowest BCUT2D eigenvalue weighted by atomic mass is 10.1. The number of benzene rings is 2. The minimum absolute atomic E-state index is 0.0422. The van der Waals surface area contributed by atoms with Crippen molar-refractivity contribution in [1.82, 2.24) is 5.32 Å². The van der Waals surface area contributed by atoms with Crippen LogP contribution in [0, 0.1) is 6.92 Å². The Morgan fingerprint density at radius 1 is 1.08 bits per heavy atom. The molecule has 0 aromatic heterocycles. The molecule has 0 aliphatic rings. The average molecular weight is 415 g/mol. The van der Waals surface area contributed by atoms with Crippen LogP contribution in [0.15, 0.2) is 46.9 Å². The number of nitrogens with one attached hydrogen (secondary N) is 2. The molecule has 8 heteroatoms. The van der Waals surface area contributed by atoms with Crippen LogP contribution in [0.3, 0.4) is 0 Å². The van der Waals surface area contributed by atoms with Gasteiger partial charge in [0.15, 0.2) is 0 Å². The third kappa shape index (κ3) is 5.32. The second-order valence-corrected chi connectivity index (χ2v) is 6.18. The Balaban J connectivity index is 1.92. The molecular formula is C17H14BrF3N2O2. The van der Waals surface area contributed by atoms with Gasteiger partial charge in [-0.25, -0.2) is 0 Å². The molecule has 0 aliphatic carbocycles. The highest BCUT2D eigenvalue weighted by Crippen LogP contribution is 2.29. The first kappa shape index (κ1) is 19.0. The van der Waals surface area contributed by atoms with E-state index in [0.29, 0.717) is 5.69 Å². The van der Waals surface area contributed by atoms with E-state index >= 15 is 0 Å². The summed E-state index contributed by atoms with van der Waals surface area (Å²) in [6, 6.07) is 9.08. The molecule has 4 nitrogen and oxygen atoms in total. The summed E-state index contributed by atoms with van der Waals surface area (Å²) < 4.78 is 38.3. The van der Waals surface area contributed by atoms with Crippen molar-refractivity contribution in [2.24, 2.45) is 0 Å². The van der Waals surface area contributed by atoms with Gasteiger partial charge in [0.25, 0.3) is 5.91 Å². The highest BCUT2D eigenvalue weighted by molar-refractivity contribution is 9.10. The molecule has 0 saturated heterocycles. The van der Waals surface area contributed by atoms with Crippen molar-refractivity contribution in [3.8, 4) is 0 Å². The zero-order valence-electron chi connectivity index (χ0n) is 13.1. The number of rotatable bonds is 4. The van der Waals surface area contributed by atoms with E-state index in [2.05, 4.69) is 26.6 Å². The minimum atomic E-state index is -4.46. The molecule has 2 N–H and O–H groups in total. The number of aryl methyl sites for hydroxylation is 1. The number of anilines is 1. The van der Waals surface area contributed by atoms with Crippen LogP contribution in [-0.2, 0) is 11.0 Å². The quantitative estimate of drug-likeness (QED) is 0.789. The molecule has 0 saturated carbocycles. The fourth-order valence-corrected chi connectivity index (χ4v) is 2.51. The van der Waals surface area contributed by atoms with Gasteiger partial charge in [0.2, 0.25) is 5.91 Å². The Kier molecular flexibility index (Phi) is 5.84. The van der Waals surface area contributed by atoms with Crippen LogP contribution in [0.2, 0.25) is 0 Å². The van der Waals surface area contributed by atoms with Gasteiger partial charge in [-0.15, -0.1) is 0 Å². The maximum absolute atomic E-state index is 12.5. The standard InChI is InChI=1S/C17H14BrF3N2O2/c1-10-8-13(18)6-7-14(10)23-15(24)9-22-16(25)11-2-4-12(5-3-11)17(19,20)21/h2-8H,9H2,1H3,(H,22,25)(H,23,24). The molecule has 0 fully saturated rings. The van der Waals surface area contributed by atoms with E-state index in [4.69, 9.17) is 0 Å². The predicted molar refractivity (Wildman–Crippen MR) is 91.3 cm³/mol. The molecule has 2 rings (SSSR count). The van der Waals surface area contributed by atoms with Crippen LogP contribution in [0.5, 0.6) is 0 Å². The molecule has 132 valence electrons. The van der Waals surface area contributed by atoms with Gasteiger partial charge in [0.1, 0.15) is 0 Å². The summed E-state index contributed by atoms with van der Waals surface area (Å²) in [7, 11) is 0. The van der Waals surface area contributed by atoms with Gasteiger partial charge < -0.3 is 10.6 Å². The molecule has 0 unspecified atom stereocenters. The summed E-state index contributed by atoms with van der Waals surface area (Å²) in [6.45, 7) is 1.52. The zero-order valence-corrected chi connectivity index (χ0v) is 14.7. The normalized spacial score (nSPS) is 11.1.